The highest BCUT2D eigenvalue weighted by atomic mass is 32.2. The van der Waals surface area contributed by atoms with Crippen LogP contribution in [0, 0.1) is 5.92 Å². The van der Waals surface area contributed by atoms with Gasteiger partial charge in [0.05, 0.1) is 18.1 Å². The van der Waals surface area contributed by atoms with Crippen LogP contribution in [0.5, 0.6) is 23.0 Å². The van der Waals surface area contributed by atoms with E-state index in [1.165, 1.54) is 16.4 Å². The number of rotatable bonds is 4. The molecule has 0 unspecified atom stereocenters. The Labute approximate surface area is 198 Å². The molecule has 10 heteroatoms. The Kier molecular flexibility index (Phi) is 5.29. The van der Waals surface area contributed by atoms with Crippen molar-refractivity contribution in [1.82, 2.24) is 4.31 Å². The maximum atomic E-state index is 13.7. The average molecular weight is 487 g/mol. The van der Waals surface area contributed by atoms with Crippen molar-refractivity contribution in [2.45, 2.75) is 42.7 Å². The Hall–Kier alpha value is -2.98. The summed E-state index contributed by atoms with van der Waals surface area (Å²) in [6, 6.07) is 8.91. The first kappa shape index (κ1) is 21.5. The van der Waals surface area contributed by atoms with Crippen LogP contribution in [-0.2, 0) is 14.8 Å². The van der Waals surface area contributed by atoms with E-state index in [1.807, 2.05) is 0 Å². The van der Waals surface area contributed by atoms with E-state index in [-0.39, 0.29) is 22.8 Å². The normalized spacial score (nSPS) is 25.6. The number of anilines is 1. The number of amides is 1. The van der Waals surface area contributed by atoms with E-state index in [0.717, 1.165) is 19.3 Å². The molecule has 2 aromatic rings. The van der Waals surface area contributed by atoms with Crippen molar-refractivity contribution in [2.75, 3.05) is 31.7 Å². The molecule has 1 N–H and O–H groups in total. The Morgan fingerprint density at radius 1 is 0.853 bits per heavy atom. The number of nitrogens with zero attached hydrogens (tertiary/aromatic N) is 1. The van der Waals surface area contributed by atoms with Crippen molar-refractivity contribution in [1.29, 1.82) is 0 Å². The molecule has 9 nitrogen and oxygen atoms in total. The summed E-state index contributed by atoms with van der Waals surface area (Å²) >= 11 is 0. The lowest BCUT2D eigenvalue weighted by atomic mass is 9.99. The van der Waals surface area contributed by atoms with Gasteiger partial charge in [-0.1, -0.05) is 0 Å². The third kappa shape index (κ3) is 3.65. The smallest absolute Gasteiger partial charge is 0.244 e. The molecule has 2 fully saturated rings. The highest BCUT2D eigenvalue weighted by molar-refractivity contribution is 7.89. The number of ether oxygens (including phenoxy) is 4. The molecule has 1 aliphatic carbocycles. The Bertz CT molecular complexity index is 1230. The van der Waals surface area contributed by atoms with Crippen LogP contribution in [0.15, 0.2) is 41.3 Å². The molecule has 1 saturated heterocycles. The van der Waals surface area contributed by atoms with Gasteiger partial charge in [0, 0.05) is 30.3 Å². The van der Waals surface area contributed by atoms with Crippen molar-refractivity contribution in [3.63, 3.8) is 0 Å². The van der Waals surface area contributed by atoms with Crippen LogP contribution in [0.1, 0.15) is 25.7 Å². The lowest BCUT2D eigenvalue weighted by Crippen LogP contribution is -2.50. The molecule has 0 radical (unpaired) electrons. The molecule has 1 saturated carbocycles. The van der Waals surface area contributed by atoms with Gasteiger partial charge in [0.2, 0.25) is 15.9 Å². The SMILES string of the molecule is O=C(Nc1ccc2c(c1)OCCCO2)[C@@H]1[C@H]2CC[C@@H](C2)N1S(=O)(=O)c1ccc2c(c1)OCCO2. The summed E-state index contributed by atoms with van der Waals surface area (Å²) in [5.41, 5.74) is 0.550. The Balaban J connectivity index is 1.28. The van der Waals surface area contributed by atoms with Gasteiger partial charge in [-0.2, -0.15) is 4.31 Å². The second kappa shape index (κ2) is 8.35. The van der Waals surface area contributed by atoms with Crippen LogP contribution in [0.3, 0.4) is 0 Å². The van der Waals surface area contributed by atoms with Crippen LogP contribution in [0.2, 0.25) is 0 Å². The molecular weight excluding hydrogens is 460 g/mol. The zero-order valence-electron chi connectivity index (χ0n) is 18.6. The van der Waals surface area contributed by atoms with Crippen LogP contribution in [0.4, 0.5) is 5.69 Å². The number of carbonyl (C=O) groups excluding carboxylic acids is 1. The zero-order chi connectivity index (χ0) is 23.3. The summed E-state index contributed by atoms with van der Waals surface area (Å²) in [5.74, 6) is 1.80. The minimum atomic E-state index is -3.92. The fraction of sp³-hybridized carbons (Fsp3) is 0.458. The van der Waals surface area contributed by atoms with Crippen LogP contribution >= 0.6 is 0 Å². The first-order valence-corrected chi connectivity index (χ1v) is 13.1. The molecule has 3 heterocycles. The lowest BCUT2D eigenvalue weighted by Gasteiger charge is -2.33. The number of hydrogen-bond donors (Lipinski definition) is 1. The molecule has 4 aliphatic rings. The second-order valence-electron chi connectivity index (χ2n) is 9.01. The quantitative estimate of drug-likeness (QED) is 0.709. The van der Waals surface area contributed by atoms with Gasteiger partial charge in [0.25, 0.3) is 0 Å². The van der Waals surface area contributed by atoms with E-state index >= 15 is 0 Å². The van der Waals surface area contributed by atoms with Gasteiger partial charge in [0.15, 0.2) is 23.0 Å². The molecule has 2 aromatic carbocycles. The van der Waals surface area contributed by atoms with Gasteiger partial charge < -0.3 is 24.3 Å². The van der Waals surface area contributed by atoms with E-state index in [1.54, 1.807) is 24.3 Å². The number of carbonyl (C=O) groups is 1. The second-order valence-corrected chi connectivity index (χ2v) is 10.9. The molecule has 1 amide bonds. The van der Waals surface area contributed by atoms with Crippen molar-refractivity contribution in [3.05, 3.63) is 36.4 Å². The van der Waals surface area contributed by atoms with Gasteiger partial charge >= 0.3 is 0 Å². The summed E-state index contributed by atoms with van der Waals surface area (Å²) in [4.78, 5) is 13.5. The predicted octanol–water partition coefficient (Wildman–Crippen LogP) is 2.80. The van der Waals surface area contributed by atoms with Gasteiger partial charge in [-0.3, -0.25) is 4.79 Å². The summed E-state index contributed by atoms with van der Waals surface area (Å²) in [7, 11) is -3.92. The van der Waals surface area contributed by atoms with Crippen molar-refractivity contribution >= 4 is 21.6 Å². The topological polar surface area (TPSA) is 103 Å². The standard InChI is InChI=1S/C24H26N2O7S/c27-24(25-16-3-6-19-21(13-16)31-9-1-8-30-19)23-15-2-4-17(12-15)26(23)34(28,29)18-5-7-20-22(14-18)33-11-10-32-20/h3,5-7,13-15,17,23H,1-2,4,8-12H2,(H,25,27)/t15-,17-,23-/m0/s1. The summed E-state index contributed by atoms with van der Waals surface area (Å²) in [6.07, 6.45) is 3.05. The maximum absolute atomic E-state index is 13.7. The monoisotopic (exact) mass is 486 g/mol. The fourth-order valence-corrected chi connectivity index (χ4v) is 7.27. The summed E-state index contributed by atoms with van der Waals surface area (Å²) < 4.78 is 51.3. The minimum Gasteiger partial charge on any atom is -0.490 e. The largest absolute Gasteiger partial charge is 0.490 e. The Morgan fingerprint density at radius 2 is 1.53 bits per heavy atom. The van der Waals surface area contributed by atoms with Crippen LogP contribution < -0.4 is 24.3 Å². The third-order valence-corrected chi connectivity index (χ3v) is 8.83. The van der Waals surface area contributed by atoms with Gasteiger partial charge in [-0.05, 0) is 49.4 Å². The number of sulfonamides is 1. The Morgan fingerprint density at radius 3 is 2.35 bits per heavy atom. The molecule has 0 spiro atoms. The number of nitrogens with one attached hydrogen (secondary N) is 1. The van der Waals surface area contributed by atoms with E-state index in [4.69, 9.17) is 18.9 Å². The van der Waals surface area contributed by atoms with Crippen molar-refractivity contribution < 1.29 is 32.2 Å². The minimum absolute atomic E-state index is 0.0163. The van der Waals surface area contributed by atoms with E-state index in [0.29, 0.717) is 61.5 Å². The number of piperidine rings is 1. The molecule has 6 rings (SSSR count). The first-order valence-electron chi connectivity index (χ1n) is 11.6. The van der Waals surface area contributed by atoms with Crippen LogP contribution in [-0.4, -0.2) is 57.1 Å². The van der Waals surface area contributed by atoms with Crippen molar-refractivity contribution in [2.24, 2.45) is 5.92 Å². The zero-order valence-corrected chi connectivity index (χ0v) is 19.4. The van der Waals surface area contributed by atoms with Gasteiger partial charge in [0.1, 0.15) is 19.3 Å². The average Bonchev–Trinajstić information content (AvgIpc) is 3.39. The maximum Gasteiger partial charge on any atom is 0.244 e. The highest BCUT2D eigenvalue weighted by Gasteiger charge is 2.54. The molecule has 0 aromatic heterocycles. The highest BCUT2D eigenvalue weighted by Crippen LogP contribution is 2.46. The first-order chi connectivity index (χ1) is 16.5. The van der Waals surface area contributed by atoms with Gasteiger partial charge in [-0.15, -0.1) is 0 Å². The predicted molar refractivity (Wildman–Crippen MR) is 122 cm³/mol. The molecule has 180 valence electrons. The third-order valence-electron chi connectivity index (χ3n) is 6.90. The molecule has 3 atom stereocenters. The molecule has 2 bridgehead atoms. The van der Waals surface area contributed by atoms with Crippen LogP contribution in [0.25, 0.3) is 0 Å². The summed E-state index contributed by atoms with van der Waals surface area (Å²) in [5, 5.41) is 2.92. The van der Waals surface area contributed by atoms with Crippen molar-refractivity contribution in [3.8, 4) is 23.0 Å². The molecule has 3 aliphatic heterocycles. The van der Waals surface area contributed by atoms with Gasteiger partial charge in [-0.25, -0.2) is 8.42 Å². The fourth-order valence-electron chi connectivity index (χ4n) is 5.38. The molecule has 34 heavy (non-hydrogen) atoms. The van der Waals surface area contributed by atoms with E-state index in [2.05, 4.69) is 5.32 Å². The van der Waals surface area contributed by atoms with E-state index in [9.17, 15) is 13.2 Å². The number of fused-ring (bicyclic) bond motifs is 4. The lowest BCUT2D eigenvalue weighted by molar-refractivity contribution is -0.120. The number of hydrogen-bond acceptors (Lipinski definition) is 7. The molecular formula is C24H26N2O7S. The van der Waals surface area contributed by atoms with E-state index < -0.39 is 16.1 Å². The summed E-state index contributed by atoms with van der Waals surface area (Å²) in [6.45, 7) is 1.91. The number of benzene rings is 2.